The van der Waals surface area contributed by atoms with Crippen molar-refractivity contribution in [2.24, 2.45) is 0 Å². The first-order valence-electron chi connectivity index (χ1n) is 4.16. The van der Waals surface area contributed by atoms with Gasteiger partial charge in [-0.25, -0.2) is 8.42 Å². The van der Waals surface area contributed by atoms with Crippen LogP contribution in [0.4, 0.5) is 0 Å². The maximum Gasteiger partial charge on any atom is 0.191 e. The van der Waals surface area contributed by atoms with E-state index in [1.165, 1.54) is 12.1 Å². The Morgan fingerprint density at radius 2 is 1.60 bits per heavy atom. The number of benzene rings is 1. The minimum atomic E-state index is -3.35. The lowest BCUT2D eigenvalue weighted by atomic mass is 10.4. The highest BCUT2D eigenvalue weighted by atomic mass is 35.6. The first kappa shape index (κ1) is 13.1. The second-order valence-electron chi connectivity index (χ2n) is 3.00. The van der Waals surface area contributed by atoms with E-state index in [1.54, 1.807) is 18.2 Å². The summed E-state index contributed by atoms with van der Waals surface area (Å²) in [5.41, 5.74) is 0. The van der Waals surface area contributed by atoms with E-state index < -0.39 is 13.6 Å². The molecule has 1 aromatic rings. The Kier molecular flexibility index (Phi) is 4.29. The lowest BCUT2D eigenvalue weighted by Gasteiger charge is -2.10. The van der Waals surface area contributed by atoms with Crippen LogP contribution in [0.15, 0.2) is 35.2 Å². The third-order valence-corrected chi connectivity index (χ3v) is 4.06. The SMILES string of the molecule is O=S(=O)(CCC(Cl)(Cl)Cl)c1ccccc1. The molecule has 0 aliphatic rings. The van der Waals surface area contributed by atoms with Crippen LogP contribution in [0.1, 0.15) is 6.42 Å². The first-order chi connectivity index (χ1) is 6.81. The summed E-state index contributed by atoms with van der Waals surface area (Å²) in [5, 5.41) is 0. The minimum Gasteiger partial charge on any atom is -0.224 e. The van der Waals surface area contributed by atoms with Gasteiger partial charge in [-0.15, -0.1) is 0 Å². The molecule has 15 heavy (non-hydrogen) atoms. The number of hydrogen-bond donors (Lipinski definition) is 0. The third kappa shape index (κ3) is 4.60. The molecule has 0 spiro atoms. The maximum atomic E-state index is 11.7. The summed E-state index contributed by atoms with van der Waals surface area (Å²) >= 11 is 16.5. The van der Waals surface area contributed by atoms with Crippen molar-refractivity contribution >= 4 is 44.6 Å². The van der Waals surface area contributed by atoms with Gasteiger partial charge in [0.1, 0.15) is 0 Å². The van der Waals surface area contributed by atoms with Crippen molar-refractivity contribution in [1.82, 2.24) is 0 Å². The second-order valence-corrected chi connectivity index (χ2v) is 7.62. The van der Waals surface area contributed by atoms with Gasteiger partial charge in [-0.05, 0) is 12.1 Å². The third-order valence-electron chi connectivity index (χ3n) is 1.76. The summed E-state index contributed by atoms with van der Waals surface area (Å²) in [4.78, 5) is 0.249. The van der Waals surface area contributed by atoms with Gasteiger partial charge in [-0.1, -0.05) is 53.0 Å². The Morgan fingerprint density at radius 1 is 1.07 bits per heavy atom. The topological polar surface area (TPSA) is 34.1 Å². The van der Waals surface area contributed by atoms with E-state index in [9.17, 15) is 8.42 Å². The van der Waals surface area contributed by atoms with Crippen molar-refractivity contribution in [3.8, 4) is 0 Å². The zero-order chi connectivity index (χ0) is 11.5. The van der Waals surface area contributed by atoms with Gasteiger partial charge in [-0.3, -0.25) is 0 Å². The first-order valence-corrected chi connectivity index (χ1v) is 6.94. The molecule has 0 atom stereocenters. The maximum absolute atomic E-state index is 11.7. The van der Waals surface area contributed by atoms with Crippen LogP contribution in [-0.4, -0.2) is 18.0 Å². The predicted octanol–water partition coefficient (Wildman–Crippen LogP) is 3.22. The molecule has 0 heterocycles. The molecular formula is C9H9Cl3O2S. The Hall–Kier alpha value is 0.0400. The quantitative estimate of drug-likeness (QED) is 0.800. The van der Waals surface area contributed by atoms with Crippen LogP contribution in [0, 0.1) is 0 Å². The fourth-order valence-electron chi connectivity index (χ4n) is 0.996. The van der Waals surface area contributed by atoms with Crippen molar-refractivity contribution in [2.45, 2.75) is 15.1 Å². The van der Waals surface area contributed by atoms with Crippen molar-refractivity contribution in [1.29, 1.82) is 0 Å². The van der Waals surface area contributed by atoms with Crippen LogP contribution >= 0.6 is 34.8 Å². The Labute approximate surface area is 104 Å². The molecule has 0 radical (unpaired) electrons. The summed E-state index contributed by atoms with van der Waals surface area (Å²) in [6.07, 6.45) is -0.0190. The zero-order valence-corrected chi connectivity index (χ0v) is 10.7. The van der Waals surface area contributed by atoms with Gasteiger partial charge < -0.3 is 0 Å². The standard InChI is InChI=1S/C9H9Cl3O2S/c10-9(11,12)6-7-15(13,14)8-4-2-1-3-5-8/h1-5H,6-7H2. The van der Waals surface area contributed by atoms with Gasteiger partial charge in [-0.2, -0.15) is 0 Å². The van der Waals surface area contributed by atoms with E-state index in [1.807, 2.05) is 0 Å². The van der Waals surface area contributed by atoms with Gasteiger partial charge in [0.05, 0.1) is 10.6 Å². The molecule has 0 aliphatic heterocycles. The predicted molar refractivity (Wildman–Crippen MR) is 63.4 cm³/mol. The van der Waals surface area contributed by atoms with Crippen LogP contribution in [0.2, 0.25) is 0 Å². The lowest BCUT2D eigenvalue weighted by molar-refractivity contribution is 0.593. The van der Waals surface area contributed by atoms with E-state index in [0.29, 0.717) is 0 Å². The van der Waals surface area contributed by atoms with Crippen LogP contribution in [0.5, 0.6) is 0 Å². The van der Waals surface area contributed by atoms with Crippen LogP contribution < -0.4 is 0 Å². The van der Waals surface area contributed by atoms with Crippen LogP contribution in [0.3, 0.4) is 0 Å². The lowest BCUT2D eigenvalue weighted by Crippen LogP contribution is -2.13. The highest BCUT2D eigenvalue weighted by Crippen LogP contribution is 2.31. The molecule has 6 heteroatoms. The average Bonchev–Trinajstić information content (AvgIpc) is 2.16. The molecule has 84 valence electrons. The normalized spacial score (nSPS) is 12.7. The minimum absolute atomic E-state index is 0.0190. The zero-order valence-electron chi connectivity index (χ0n) is 7.66. The van der Waals surface area contributed by atoms with E-state index >= 15 is 0 Å². The molecule has 0 aliphatic carbocycles. The highest BCUT2D eigenvalue weighted by Gasteiger charge is 2.24. The van der Waals surface area contributed by atoms with E-state index in [0.717, 1.165) is 0 Å². The number of alkyl halides is 3. The molecule has 0 unspecified atom stereocenters. The Balaban J connectivity index is 2.78. The Morgan fingerprint density at radius 3 is 2.07 bits per heavy atom. The van der Waals surface area contributed by atoms with Gasteiger partial charge >= 0.3 is 0 Å². The molecule has 0 amide bonds. The van der Waals surface area contributed by atoms with Gasteiger partial charge in [0.15, 0.2) is 13.6 Å². The van der Waals surface area contributed by atoms with E-state index in [2.05, 4.69) is 0 Å². The second kappa shape index (κ2) is 4.91. The van der Waals surface area contributed by atoms with E-state index in [4.69, 9.17) is 34.8 Å². The monoisotopic (exact) mass is 286 g/mol. The van der Waals surface area contributed by atoms with Crippen molar-refractivity contribution in [3.63, 3.8) is 0 Å². The number of hydrogen-bond acceptors (Lipinski definition) is 2. The number of rotatable bonds is 3. The van der Waals surface area contributed by atoms with Crippen molar-refractivity contribution < 1.29 is 8.42 Å². The van der Waals surface area contributed by atoms with Gasteiger partial charge in [0, 0.05) is 6.42 Å². The molecular weight excluding hydrogens is 279 g/mol. The molecule has 0 bridgehead atoms. The fraction of sp³-hybridized carbons (Fsp3) is 0.333. The molecule has 1 rings (SSSR count). The number of halogens is 3. The smallest absolute Gasteiger partial charge is 0.191 e. The molecule has 0 saturated carbocycles. The number of sulfone groups is 1. The largest absolute Gasteiger partial charge is 0.224 e. The average molecular weight is 288 g/mol. The molecule has 1 aromatic carbocycles. The summed E-state index contributed by atoms with van der Waals surface area (Å²) < 4.78 is 21.9. The summed E-state index contributed by atoms with van der Waals surface area (Å²) in [6.45, 7) is 0. The summed E-state index contributed by atoms with van der Waals surface area (Å²) in [7, 11) is -3.35. The summed E-state index contributed by atoms with van der Waals surface area (Å²) in [5.74, 6) is -0.173. The van der Waals surface area contributed by atoms with Gasteiger partial charge in [0.2, 0.25) is 0 Å². The fourth-order valence-corrected chi connectivity index (χ4v) is 3.00. The summed E-state index contributed by atoms with van der Waals surface area (Å²) in [6, 6.07) is 8.10. The highest BCUT2D eigenvalue weighted by molar-refractivity contribution is 7.91. The van der Waals surface area contributed by atoms with Gasteiger partial charge in [0.25, 0.3) is 0 Å². The molecule has 2 nitrogen and oxygen atoms in total. The molecule has 0 N–H and O–H groups in total. The van der Waals surface area contributed by atoms with Crippen LogP contribution in [-0.2, 0) is 9.84 Å². The molecule has 0 aromatic heterocycles. The van der Waals surface area contributed by atoms with Crippen molar-refractivity contribution in [3.05, 3.63) is 30.3 Å². The van der Waals surface area contributed by atoms with E-state index in [-0.39, 0.29) is 17.1 Å². The van der Waals surface area contributed by atoms with Crippen molar-refractivity contribution in [2.75, 3.05) is 5.75 Å². The molecule has 0 fully saturated rings. The molecule has 0 saturated heterocycles. The van der Waals surface area contributed by atoms with Crippen LogP contribution in [0.25, 0.3) is 0 Å². The Bertz CT molecular complexity index is 409.